The van der Waals surface area contributed by atoms with Crippen LogP contribution in [0.3, 0.4) is 0 Å². The number of nitrogens with one attached hydrogen (secondary N) is 2. The lowest BCUT2D eigenvalue weighted by atomic mass is 10.1. The van der Waals surface area contributed by atoms with Crippen LogP contribution >= 0.6 is 15.9 Å². The van der Waals surface area contributed by atoms with E-state index in [1.54, 1.807) is 31.2 Å². The van der Waals surface area contributed by atoms with Crippen LogP contribution in [-0.2, 0) is 0 Å². The van der Waals surface area contributed by atoms with Crippen LogP contribution in [0.25, 0.3) is 0 Å². The van der Waals surface area contributed by atoms with E-state index >= 15 is 0 Å². The predicted octanol–water partition coefficient (Wildman–Crippen LogP) is 4.29. The first-order valence-corrected chi connectivity index (χ1v) is 7.06. The van der Waals surface area contributed by atoms with Crippen LogP contribution in [0.5, 0.6) is 0 Å². The maximum absolute atomic E-state index is 13.1. The largest absolute Gasteiger partial charge is 0.389 e. The van der Waals surface area contributed by atoms with Gasteiger partial charge < -0.3 is 15.7 Å². The Balaban J connectivity index is 2.04. The lowest BCUT2D eigenvalue weighted by molar-refractivity contribution is 0.199. The Morgan fingerprint density at radius 2 is 1.86 bits per heavy atom. The second-order valence-corrected chi connectivity index (χ2v) is 5.36. The minimum atomic E-state index is -0.608. The number of anilines is 2. The lowest BCUT2D eigenvalue weighted by Gasteiger charge is -2.10. The van der Waals surface area contributed by atoms with Crippen molar-refractivity contribution in [2.45, 2.75) is 13.0 Å². The van der Waals surface area contributed by atoms with Crippen LogP contribution in [0.1, 0.15) is 18.6 Å². The van der Waals surface area contributed by atoms with Crippen LogP contribution < -0.4 is 10.6 Å². The fourth-order valence-corrected chi connectivity index (χ4v) is 2.12. The molecule has 1 unspecified atom stereocenters. The van der Waals surface area contributed by atoms with Gasteiger partial charge in [-0.05, 0) is 58.7 Å². The van der Waals surface area contributed by atoms with Crippen molar-refractivity contribution in [3.8, 4) is 0 Å². The van der Waals surface area contributed by atoms with Gasteiger partial charge in [0.2, 0.25) is 0 Å². The van der Waals surface area contributed by atoms with Crippen molar-refractivity contribution in [1.29, 1.82) is 0 Å². The Kier molecular flexibility index (Phi) is 4.93. The van der Waals surface area contributed by atoms with Gasteiger partial charge in [-0.15, -0.1) is 0 Å². The number of hydrogen-bond donors (Lipinski definition) is 3. The smallest absolute Gasteiger partial charge is 0.323 e. The van der Waals surface area contributed by atoms with Crippen molar-refractivity contribution in [1.82, 2.24) is 0 Å². The van der Waals surface area contributed by atoms with Gasteiger partial charge in [0, 0.05) is 11.4 Å². The zero-order valence-electron chi connectivity index (χ0n) is 11.2. The molecule has 3 N–H and O–H groups in total. The van der Waals surface area contributed by atoms with Crippen LogP contribution in [0.15, 0.2) is 46.9 Å². The molecule has 21 heavy (non-hydrogen) atoms. The number of amides is 2. The van der Waals surface area contributed by atoms with Gasteiger partial charge in [-0.1, -0.05) is 12.1 Å². The second-order valence-electron chi connectivity index (χ2n) is 4.51. The fraction of sp³-hybridized carbons (Fsp3) is 0.133. The van der Waals surface area contributed by atoms with Gasteiger partial charge in [-0.3, -0.25) is 0 Å². The zero-order valence-corrected chi connectivity index (χ0v) is 12.8. The minimum absolute atomic E-state index is 0.274. The molecule has 0 saturated carbocycles. The normalized spacial score (nSPS) is 11.8. The van der Waals surface area contributed by atoms with Crippen molar-refractivity contribution < 1.29 is 14.3 Å². The summed E-state index contributed by atoms with van der Waals surface area (Å²) in [6.45, 7) is 1.65. The second kappa shape index (κ2) is 6.69. The molecule has 0 fully saturated rings. The first-order valence-electron chi connectivity index (χ1n) is 6.27. The van der Waals surface area contributed by atoms with Crippen LogP contribution in [0.4, 0.5) is 20.6 Å². The molecule has 0 aliphatic rings. The van der Waals surface area contributed by atoms with Crippen molar-refractivity contribution in [2.75, 3.05) is 10.6 Å². The van der Waals surface area contributed by atoms with Gasteiger partial charge in [0.15, 0.2) is 0 Å². The van der Waals surface area contributed by atoms with Gasteiger partial charge in [0.25, 0.3) is 0 Å². The summed E-state index contributed by atoms with van der Waals surface area (Å²) >= 11 is 3.05. The van der Waals surface area contributed by atoms with Crippen molar-refractivity contribution >= 4 is 33.3 Å². The van der Waals surface area contributed by atoms with Crippen molar-refractivity contribution in [3.63, 3.8) is 0 Å². The van der Waals surface area contributed by atoms with E-state index < -0.39 is 18.0 Å². The third-order valence-electron chi connectivity index (χ3n) is 2.80. The number of carbonyl (C=O) groups is 1. The summed E-state index contributed by atoms with van der Waals surface area (Å²) in [6, 6.07) is 10.7. The number of aliphatic hydroxyl groups is 1. The standard InChI is InChI=1S/C15H14BrFN2O2/c1-9(20)10-3-2-4-11(7-10)18-15(21)19-12-5-6-14(17)13(16)8-12/h2-9,20H,1H3,(H2,18,19,21). The number of rotatable bonds is 3. The van der Waals surface area contributed by atoms with Gasteiger partial charge >= 0.3 is 6.03 Å². The molecule has 0 spiro atoms. The number of carbonyl (C=O) groups excluding carboxylic acids is 1. The first-order chi connectivity index (χ1) is 9.95. The molecule has 2 aromatic carbocycles. The molecular formula is C15H14BrFN2O2. The lowest BCUT2D eigenvalue weighted by Crippen LogP contribution is -2.19. The molecule has 0 aromatic heterocycles. The number of benzene rings is 2. The highest BCUT2D eigenvalue weighted by atomic mass is 79.9. The molecule has 0 bridgehead atoms. The Bertz CT molecular complexity index is 662. The maximum Gasteiger partial charge on any atom is 0.323 e. The van der Waals surface area contributed by atoms with Crippen molar-refractivity contribution in [3.05, 3.63) is 58.3 Å². The molecule has 1 atom stereocenters. The minimum Gasteiger partial charge on any atom is -0.389 e. The average molecular weight is 353 g/mol. The van der Waals surface area contributed by atoms with E-state index in [4.69, 9.17) is 0 Å². The average Bonchev–Trinajstić information content (AvgIpc) is 2.43. The number of halogens is 2. The van der Waals surface area contributed by atoms with Crippen LogP contribution in [0.2, 0.25) is 0 Å². The van der Waals surface area contributed by atoms with Crippen LogP contribution in [-0.4, -0.2) is 11.1 Å². The topological polar surface area (TPSA) is 61.4 Å². The summed E-state index contributed by atoms with van der Waals surface area (Å²) in [5.41, 5.74) is 1.73. The maximum atomic E-state index is 13.1. The molecule has 0 aliphatic carbocycles. The van der Waals surface area contributed by atoms with E-state index in [-0.39, 0.29) is 4.47 Å². The van der Waals surface area contributed by atoms with Gasteiger partial charge in [-0.2, -0.15) is 0 Å². The monoisotopic (exact) mass is 352 g/mol. The molecule has 110 valence electrons. The summed E-state index contributed by atoms with van der Waals surface area (Å²) in [5.74, 6) is -0.398. The summed E-state index contributed by atoms with van der Waals surface area (Å²) in [7, 11) is 0. The molecule has 2 aromatic rings. The summed E-state index contributed by atoms with van der Waals surface area (Å²) < 4.78 is 13.4. The summed E-state index contributed by atoms with van der Waals surface area (Å²) in [5, 5.41) is 14.8. The zero-order chi connectivity index (χ0) is 15.4. The van der Waals surface area contributed by atoms with E-state index in [0.717, 1.165) is 0 Å². The summed E-state index contributed by atoms with van der Waals surface area (Å²) in [6.07, 6.45) is -0.608. The van der Waals surface area contributed by atoms with E-state index in [1.165, 1.54) is 18.2 Å². The first kappa shape index (κ1) is 15.5. The third kappa shape index (κ3) is 4.27. The van der Waals surface area contributed by atoms with Crippen molar-refractivity contribution in [2.24, 2.45) is 0 Å². The van der Waals surface area contributed by atoms with E-state index in [1.807, 2.05) is 0 Å². The molecule has 2 amide bonds. The highest BCUT2D eigenvalue weighted by molar-refractivity contribution is 9.10. The van der Waals surface area contributed by atoms with Crippen LogP contribution in [0, 0.1) is 5.82 Å². The number of aliphatic hydroxyl groups excluding tert-OH is 1. The molecule has 6 heteroatoms. The van der Waals surface area contributed by atoms with Gasteiger partial charge in [0.05, 0.1) is 10.6 Å². The highest BCUT2D eigenvalue weighted by Crippen LogP contribution is 2.21. The Morgan fingerprint density at radius 3 is 2.48 bits per heavy atom. The molecular weight excluding hydrogens is 339 g/mol. The quantitative estimate of drug-likeness (QED) is 0.771. The number of urea groups is 1. The van der Waals surface area contributed by atoms with E-state index in [9.17, 15) is 14.3 Å². The Hall–Kier alpha value is -1.92. The Labute approximate surface area is 130 Å². The molecule has 2 rings (SSSR count). The third-order valence-corrected chi connectivity index (χ3v) is 3.41. The number of hydrogen-bond acceptors (Lipinski definition) is 2. The van der Waals surface area contributed by atoms with Gasteiger partial charge in [0.1, 0.15) is 5.82 Å². The van der Waals surface area contributed by atoms with E-state index in [0.29, 0.717) is 16.9 Å². The highest BCUT2D eigenvalue weighted by Gasteiger charge is 2.07. The SMILES string of the molecule is CC(O)c1cccc(NC(=O)Nc2ccc(F)c(Br)c2)c1. The summed E-state index contributed by atoms with van der Waals surface area (Å²) in [4.78, 5) is 11.9. The molecule has 0 radical (unpaired) electrons. The van der Waals surface area contributed by atoms with Gasteiger partial charge in [-0.25, -0.2) is 9.18 Å². The Morgan fingerprint density at radius 1 is 1.19 bits per heavy atom. The molecule has 0 aliphatic heterocycles. The predicted molar refractivity (Wildman–Crippen MR) is 83.8 cm³/mol. The fourth-order valence-electron chi connectivity index (χ4n) is 1.74. The molecule has 0 saturated heterocycles. The molecule has 4 nitrogen and oxygen atoms in total. The van der Waals surface area contributed by atoms with E-state index in [2.05, 4.69) is 26.6 Å². The molecule has 0 heterocycles.